The summed E-state index contributed by atoms with van der Waals surface area (Å²) >= 11 is 6.29. The summed E-state index contributed by atoms with van der Waals surface area (Å²) in [6.07, 6.45) is 0. The molecule has 0 unspecified atom stereocenters. The van der Waals surface area contributed by atoms with Crippen LogP contribution in [0.5, 0.6) is 11.5 Å². The number of amides is 2. The van der Waals surface area contributed by atoms with Crippen molar-refractivity contribution in [3.8, 4) is 22.8 Å². The molecule has 11 heteroatoms. The van der Waals surface area contributed by atoms with Crippen molar-refractivity contribution in [3.05, 3.63) is 101 Å². The fraction of sp³-hybridized carbons (Fsp3) is 0.226. The topological polar surface area (TPSA) is 88.1 Å². The van der Waals surface area contributed by atoms with Crippen LogP contribution in [0.15, 0.2) is 78.9 Å². The molecule has 2 aliphatic heterocycles. The zero-order chi connectivity index (χ0) is 29.1. The summed E-state index contributed by atoms with van der Waals surface area (Å²) in [5.41, 5.74) is 2.43. The summed E-state index contributed by atoms with van der Waals surface area (Å²) in [5, 5.41) is 9.34. The van der Waals surface area contributed by atoms with Crippen LogP contribution in [0.2, 0.25) is 5.02 Å². The Balaban J connectivity index is 1.12. The van der Waals surface area contributed by atoms with E-state index in [9.17, 15) is 14.0 Å². The van der Waals surface area contributed by atoms with Crippen molar-refractivity contribution in [2.75, 3.05) is 44.4 Å². The van der Waals surface area contributed by atoms with E-state index in [-0.39, 0.29) is 31.4 Å². The quantitative estimate of drug-likeness (QED) is 0.311. The van der Waals surface area contributed by atoms with Crippen LogP contribution >= 0.6 is 11.6 Å². The van der Waals surface area contributed by atoms with Crippen LogP contribution in [0, 0.1) is 5.82 Å². The Kier molecular flexibility index (Phi) is 7.87. The Hall–Kier alpha value is -4.70. The van der Waals surface area contributed by atoms with Crippen molar-refractivity contribution >= 4 is 29.2 Å². The van der Waals surface area contributed by atoms with Gasteiger partial charge < -0.3 is 24.2 Å². The first-order valence-corrected chi connectivity index (χ1v) is 13.9. The molecule has 1 saturated heterocycles. The number of carbonyl (C=O) groups is 2. The fourth-order valence-electron chi connectivity index (χ4n) is 5.02. The van der Waals surface area contributed by atoms with Crippen molar-refractivity contribution in [1.82, 2.24) is 20.0 Å². The number of nitrogens with zero attached hydrogens (tertiary/aromatic N) is 5. The van der Waals surface area contributed by atoms with Gasteiger partial charge in [-0.1, -0.05) is 41.9 Å². The predicted octanol–water partition coefficient (Wildman–Crippen LogP) is 4.66. The molecule has 2 amide bonds. The maximum absolute atomic E-state index is 13.9. The van der Waals surface area contributed by atoms with Gasteiger partial charge in [-0.3, -0.25) is 9.59 Å². The summed E-state index contributed by atoms with van der Waals surface area (Å²) < 4.78 is 24.8. The maximum Gasteiger partial charge on any atom is 0.254 e. The number of hydrogen-bond donors (Lipinski definition) is 0. The average molecular weight is 588 g/mol. The summed E-state index contributed by atoms with van der Waals surface area (Å²) in [7, 11) is 0. The highest BCUT2D eigenvalue weighted by molar-refractivity contribution is 6.33. The van der Waals surface area contributed by atoms with Crippen molar-refractivity contribution in [1.29, 1.82) is 0 Å². The molecule has 42 heavy (non-hydrogen) atoms. The van der Waals surface area contributed by atoms with Gasteiger partial charge in [-0.2, -0.15) is 0 Å². The van der Waals surface area contributed by atoms with Crippen LogP contribution in [-0.2, 0) is 11.3 Å². The minimum Gasteiger partial charge on any atom is -0.454 e. The average Bonchev–Trinajstić information content (AvgIpc) is 3.49. The van der Waals surface area contributed by atoms with Crippen LogP contribution in [0.25, 0.3) is 11.3 Å². The molecule has 0 bridgehead atoms. The SMILES string of the molecule is O=C(CN(Cc1ccc2c(c1)OCO2)C(=O)c1cccc(F)c1)N1CCN(c2ccc(-c3ccccc3Cl)nn2)CC1. The van der Waals surface area contributed by atoms with E-state index in [1.54, 1.807) is 23.1 Å². The number of benzene rings is 3. The van der Waals surface area contributed by atoms with Crippen LogP contribution < -0.4 is 14.4 Å². The molecule has 3 heterocycles. The molecular weight excluding hydrogens is 561 g/mol. The summed E-state index contributed by atoms with van der Waals surface area (Å²) in [4.78, 5) is 32.1. The van der Waals surface area contributed by atoms with Crippen LogP contribution in [-0.4, -0.2) is 71.3 Å². The Morgan fingerprint density at radius 3 is 2.45 bits per heavy atom. The maximum atomic E-state index is 13.9. The number of fused-ring (bicyclic) bond motifs is 1. The van der Waals surface area contributed by atoms with E-state index < -0.39 is 11.7 Å². The van der Waals surface area contributed by atoms with Gasteiger partial charge in [0.05, 0.1) is 10.7 Å². The molecule has 0 saturated carbocycles. The second-order valence-corrected chi connectivity index (χ2v) is 10.4. The van der Waals surface area contributed by atoms with E-state index in [4.69, 9.17) is 21.1 Å². The fourth-order valence-corrected chi connectivity index (χ4v) is 5.25. The highest BCUT2D eigenvalue weighted by Gasteiger charge is 2.27. The third kappa shape index (κ3) is 5.99. The third-order valence-corrected chi connectivity index (χ3v) is 7.58. The van der Waals surface area contributed by atoms with Gasteiger partial charge in [-0.15, -0.1) is 10.2 Å². The lowest BCUT2D eigenvalue weighted by Crippen LogP contribution is -2.52. The second-order valence-electron chi connectivity index (χ2n) is 9.98. The standard InChI is InChI=1S/C31H27ClFN5O4/c32-25-7-2-1-6-24(25)26-9-11-29(35-34-26)36-12-14-37(15-13-36)30(39)19-38(31(40)22-4-3-5-23(33)17-22)18-21-8-10-27-28(16-21)42-20-41-27/h1-11,16-17H,12-15,18-20H2. The molecule has 214 valence electrons. The summed E-state index contributed by atoms with van der Waals surface area (Å²) in [6.45, 7) is 2.16. The summed E-state index contributed by atoms with van der Waals surface area (Å²) in [5.74, 6) is 0.765. The number of hydrogen-bond acceptors (Lipinski definition) is 7. The first-order valence-electron chi connectivity index (χ1n) is 13.5. The Morgan fingerprint density at radius 1 is 0.881 bits per heavy atom. The molecule has 9 nitrogen and oxygen atoms in total. The van der Waals surface area contributed by atoms with Crippen LogP contribution in [0.1, 0.15) is 15.9 Å². The van der Waals surface area contributed by atoms with Gasteiger partial charge in [0, 0.05) is 43.9 Å². The van der Waals surface area contributed by atoms with E-state index in [0.29, 0.717) is 54.2 Å². The number of aromatic nitrogens is 2. The van der Waals surface area contributed by atoms with Gasteiger partial charge >= 0.3 is 0 Å². The van der Waals surface area contributed by atoms with Gasteiger partial charge in [-0.05, 0) is 54.1 Å². The molecule has 1 aromatic heterocycles. The molecule has 0 spiro atoms. The number of anilines is 1. The molecule has 2 aliphatic rings. The van der Waals surface area contributed by atoms with E-state index in [1.807, 2.05) is 42.5 Å². The highest BCUT2D eigenvalue weighted by atomic mass is 35.5. The monoisotopic (exact) mass is 587 g/mol. The van der Waals surface area contributed by atoms with E-state index in [2.05, 4.69) is 15.1 Å². The van der Waals surface area contributed by atoms with Gasteiger partial charge in [0.2, 0.25) is 12.7 Å². The lowest BCUT2D eigenvalue weighted by Gasteiger charge is -2.36. The van der Waals surface area contributed by atoms with Crippen LogP contribution in [0.3, 0.4) is 0 Å². The van der Waals surface area contributed by atoms with Gasteiger partial charge in [-0.25, -0.2) is 4.39 Å². The molecule has 0 radical (unpaired) electrons. The molecule has 3 aromatic carbocycles. The third-order valence-electron chi connectivity index (χ3n) is 7.25. The number of carbonyl (C=O) groups excluding carboxylic acids is 2. The van der Waals surface area contributed by atoms with Crippen molar-refractivity contribution in [2.24, 2.45) is 0 Å². The number of ether oxygens (including phenoxy) is 2. The zero-order valence-electron chi connectivity index (χ0n) is 22.6. The minimum atomic E-state index is -0.519. The molecule has 4 aromatic rings. The highest BCUT2D eigenvalue weighted by Crippen LogP contribution is 2.33. The zero-order valence-corrected chi connectivity index (χ0v) is 23.3. The summed E-state index contributed by atoms with van der Waals surface area (Å²) in [6, 6.07) is 22.1. The lowest BCUT2D eigenvalue weighted by molar-refractivity contribution is -0.132. The van der Waals surface area contributed by atoms with Crippen molar-refractivity contribution < 1.29 is 23.5 Å². The molecular formula is C31H27ClFN5O4. The van der Waals surface area contributed by atoms with Crippen molar-refractivity contribution in [3.63, 3.8) is 0 Å². The molecule has 0 aliphatic carbocycles. The smallest absolute Gasteiger partial charge is 0.254 e. The van der Waals surface area contributed by atoms with Gasteiger partial charge in [0.15, 0.2) is 17.3 Å². The Bertz CT molecular complexity index is 1610. The number of halogens is 2. The Labute approximate surface area is 247 Å². The normalized spacial score (nSPS) is 14.1. The molecule has 1 fully saturated rings. The number of rotatable bonds is 7. The van der Waals surface area contributed by atoms with Crippen molar-refractivity contribution in [2.45, 2.75) is 6.54 Å². The number of piperazine rings is 1. The second kappa shape index (κ2) is 12.0. The van der Waals surface area contributed by atoms with E-state index in [1.165, 1.54) is 23.1 Å². The first kappa shape index (κ1) is 27.5. The molecule has 6 rings (SSSR count). The van der Waals surface area contributed by atoms with E-state index in [0.717, 1.165) is 11.1 Å². The van der Waals surface area contributed by atoms with Gasteiger partial charge in [0.25, 0.3) is 5.91 Å². The molecule has 0 N–H and O–H groups in total. The first-order chi connectivity index (χ1) is 20.4. The van der Waals surface area contributed by atoms with E-state index >= 15 is 0 Å². The Morgan fingerprint density at radius 2 is 1.69 bits per heavy atom. The molecule has 0 atom stereocenters. The largest absolute Gasteiger partial charge is 0.454 e. The minimum absolute atomic E-state index is 0.131. The van der Waals surface area contributed by atoms with Crippen LogP contribution in [0.4, 0.5) is 10.2 Å². The van der Waals surface area contributed by atoms with Gasteiger partial charge in [0.1, 0.15) is 12.4 Å². The lowest BCUT2D eigenvalue weighted by atomic mass is 10.1. The predicted molar refractivity (Wildman–Crippen MR) is 155 cm³/mol.